The Hall–Kier alpha value is -2.67. The molecule has 0 radical (unpaired) electrons. The number of likely N-dealkylation sites (N-methyl/N-ethyl adjacent to an activating group) is 1. The maximum absolute atomic E-state index is 13.2. The van der Waals surface area contributed by atoms with Crippen molar-refractivity contribution in [3.05, 3.63) is 65.2 Å². The van der Waals surface area contributed by atoms with Crippen molar-refractivity contribution in [1.82, 2.24) is 9.62 Å². The molecule has 1 atom stereocenters. The molecule has 154 valence electrons. The van der Waals surface area contributed by atoms with Crippen LogP contribution in [-0.4, -0.2) is 38.2 Å². The predicted octanol–water partition coefficient (Wildman–Crippen LogP) is 3.25. The second-order valence-corrected chi connectivity index (χ2v) is 9.01. The van der Waals surface area contributed by atoms with Crippen molar-refractivity contribution in [2.75, 3.05) is 7.05 Å². The van der Waals surface area contributed by atoms with Gasteiger partial charge in [0.25, 0.3) is 10.0 Å². The number of aryl methyl sites for hydroxylation is 1. The third-order valence-electron chi connectivity index (χ3n) is 5.11. The highest BCUT2D eigenvalue weighted by Crippen LogP contribution is 2.23. The first kappa shape index (κ1) is 21.0. The predicted molar refractivity (Wildman–Crippen MR) is 114 cm³/mol. The van der Waals surface area contributed by atoms with Gasteiger partial charge in [-0.3, -0.25) is 14.5 Å². The van der Waals surface area contributed by atoms with E-state index in [4.69, 9.17) is 0 Å². The smallest absolute Gasteiger partial charge is 0.263 e. The number of sulfonamides is 1. The molecule has 6 nitrogen and oxygen atoms in total. The van der Waals surface area contributed by atoms with E-state index in [0.717, 1.165) is 24.0 Å². The molecular weight excluding hydrogens is 386 g/mol. The fourth-order valence-electron chi connectivity index (χ4n) is 3.40. The summed E-state index contributed by atoms with van der Waals surface area (Å²) in [6, 6.07) is 14.0. The van der Waals surface area contributed by atoms with Crippen molar-refractivity contribution < 1.29 is 13.2 Å². The Morgan fingerprint density at radius 1 is 1.14 bits per heavy atom. The molecule has 1 aliphatic rings. The number of amidine groups is 1. The van der Waals surface area contributed by atoms with Crippen molar-refractivity contribution in [3.63, 3.8) is 0 Å². The van der Waals surface area contributed by atoms with E-state index >= 15 is 0 Å². The van der Waals surface area contributed by atoms with Gasteiger partial charge in [-0.2, -0.15) is 0 Å². The Labute approximate surface area is 172 Å². The van der Waals surface area contributed by atoms with Gasteiger partial charge in [0.2, 0.25) is 5.91 Å². The zero-order chi connectivity index (χ0) is 21.0. The van der Waals surface area contributed by atoms with Gasteiger partial charge in [-0.15, -0.1) is 0 Å². The van der Waals surface area contributed by atoms with Gasteiger partial charge >= 0.3 is 0 Å². The van der Waals surface area contributed by atoms with Crippen molar-refractivity contribution in [1.29, 1.82) is 0 Å². The molecule has 7 heteroatoms. The van der Waals surface area contributed by atoms with Crippen LogP contribution in [0.15, 0.2) is 58.4 Å². The van der Waals surface area contributed by atoms with Gasteiger partial charge in [0, 0.05) is 19.2 Å². The minimum Gasteiger partial charge on any atom is -0.340 e. The Kier molecular flexibility index (Phi) is 6.37. The van der Waals surface area contributed by atoms with Gasteiger partial charge in [-0.05, 0) is 36.6 Å². The molecule has 0 fully saturated rings. The molecule has 0 spiro atoms. The van der Waals surface area contributed by atoms with Crippen LogP contribution >= 0.6 is 0 Å². The quantitative estimate of drug-likeness (QED) is 0.757. The van der Waals surface area contributed by atoms with E-state index in [1.165, 1.54) is 0 Å². The van der Waals surface area contributed by atoms with Crippen LogP contribution in [0.4, 0.5) is 0 Å². The highest BCUT2D eigenvalue weighted by atomic mass is 32.2. The monoisotopic (exact) mass is 413 g/mol. The Morgan fingerprint density at radius 3 is 2.55 bits per heavy atom. The van der Waals surface area contributed by atoms with Crippen LogP contribution < -0.4 is 4.72 Å². The first-order valence-electron chi connectivity index (χ1n) is 9.83. The lowest BCUT2D eigenvalue weighted by atomic mass is 10.1. The number of amides is 1. The largest absolute Gasteiger partial charge is 0.340 e. The second kappa shape index (κ2) is 8.78. The van der Waals surface area contributed by atoms with E-state index in [0.29, 0.717) is 18.5 Å². The zero-order valence-electron chi connectivity index (χ0n) is 17.1. The molecule has 0 bridgehead atoms. The van der Waals surface area contributed by atoms with Crippen LogP contribution in [0.1, 0.15) is 42.9 Å². The average molecular weight is 414 g/mol. The number of fused-ring (bicyclic) bond motifs is 1. The molecule has 1 aliphatic heterocycles. The molecule has 1 heterocycles. The van der Waals surface area contributed by atoms with Gasteiger partial charge in [0.15, 0.2) is 0 Å². The van der Waals surface area contributed by atoms with E-state index in [-0.39, 0.29) is 16.6 Å². The van der Waals surface area contributed by atoms with Gasteiger partial charge in [-0.1, -0.05) is 56.2 Å². The molecule has 2 aromatic rings. The van der Waals surface area contributed by atoms with Crippen LogP contribution in [0.2, 0.25) is 0 Å². The summed E-state index contributed by atoms with van der Waals surface area (Å²) >= 11 is 0. The van der Waals surface area contributed by atoms with Crippen molar-refractivity contribution in [2.24, 2.45) is 4.99 Å². The van der Waals surface area contributed by atoms with Crippen LogP contribution in [0.3, 0.4) is 0 Å². The number of unbranched alkanes of at least 4 members (excludes halogenated alkanes) is 1. The topological polar surface area (TPSA) is 78.8 Å². The highest BCUT2D eigenvalue weighted by molar-refractivity contribution is 7.90. The Balaban J connectivity index is 1.87. The molecule has 29 heavy (non-hydrogen) atoms. The zero-order valence-corrected chi connectivity index (χ0v) is 17.9. The van der Waals surface area contributed by atoms with Crippen molar-refractivity contribution in [3.8, 4) is 0 Å². The number of hydrogen-bond acceptors (Lipinski definition) is 4. The van der Waals surface area contributed by atoms with Crippen molar-refractivity contribution in [2.45, 2.75) is 50.6 Å². The molecule has 0 saturated carbocycles. The fraction of sp³-hybridized carbons (Fsp3) is 0.364. The molecule has 1 unspecified atom stereocenters. The number of rotatable bonds is 7. The SMILES string of the molecule is CCCCC(N=C1NS(=O)(=O)c2ccccc21)C(=O)N(C)Cc1ccccc1C. The van der Waals surface area contributed by atoms with Gasteiger partial charge in [-0.25, -0.2) is 8.42 Å². The normalized spacial score (nSPS) is 16.9. The first-order chi connectivity index (χ1) is 13.8. The van der Waals surface area contributed by atoms with Crippen LogP contribution in [0, 0.1) is 6.92 Å². The summed E-state index contributed by atoms with van der Waals surface area (Å²) in [4.78, 5) is 19.6. The van der Waals surface area contributed by atoms with Gasteiger partial charge < -0.3 is 4.90 Å². The summed E-state index contributed by atoms with van der Waals surface area (Å²) in [7, 11) is -1.86. The minimum absolute atomic E-state index is 0.113. The molecule has 0 aromatic heterocycles. The summed E-state index contributed by atoms with van der Waals surface area (Å²) in [6.45, 7) is 4.56. The Morgan fingerprint density at radius 2 is 1.83 bits per heavy atom. The lowest BCUT2D eigenvalue weighted by Crippen LogP contribution is -2.37. The number of aliphatic imine (C=N–C) groups is 1. The van der Waals surface area contributed by atoms with Crippen LogP contribution in [-0.2, 0) is 21.4 Å². The standard InChI is InChI=1S/C22H27N3O3S/c1-4-5-13-19(22(26)25(3)15-17-11-7-6-10-16(17)2)23-21-18-12-8-9-14-20(18)29(27,28)24-21/h6-12,14,19H,4-5,13,15H2,1-3H3,(H,23,24). The summed E-state index contributed by atoms with van der Waals surface area (Å²) < 4.78 is 27.2. The fourth-order valence-corrected chi connectivity index (χ4v) is 4.64. The summed E-state index contributed by atoms with van der Waals surface area (Å²) in [6.07, 6.45) is 2.33. The average Bonchev–Trinajstić information content (AvgIpc) is 2.96. The molecular formula is C22H27N3O3S. The summed E-state index contributed by atoms with van der Waals surface area (Å²) in [5, 5.41) is 0. The molecule has 1 N–H and O–H groups in total. The third-order valence-corrected chi connectivity index (χ3v) is 6.51. The molecule has 1 amide bonds. The summed E-state index contributed by atoms with van der Waals surface area (Å²) in [5.74, 6) is 0.136. The van der Waals surface area contributed by atoms with E-state index in [2.05, 4.69) is 16.6 Å². The lowest BCUT2D eigenvalue weighted by molar-refractivity contribution is -0.131. The van der Waals surface area contributed by atoms with E-state index in [1.807, 2.05) is 31.2 Å². The van der Waals surface area contributed by atoms with Crippen LogP contribution in [0.5, 0.6) is 0 Å². The van der Waals surface area contributed by atoms with Gasteiger partial charge in [0.05, 0.1) is 4.90 Å². The number of benzene rings is 2. The number of carbonyl (C=O) groups is 1. The first-order valence-corrected chi connectivity index (χ1v) is 11.3. The second-order valence-electron chi connectivity index (χ2n) is 7.36. The maximum atomic E-state index is 13.2. The van der Waals surface area contributed by atoms with E-state index in [1.54, 1.807) is 36.2 Å². The van der Waals surface area contributed by atoms with Gasteiger partial charge in [0.1, 0.15) is 11.9 Å². The van der Waals surface area contributed by atoms with E-state index in [9.17, 15) is 13.2 Å². The number of nitrogens with zero attached hydrogens (tertiary/aromatic N) is 2. The number of hydrogen-bond donors (Lipinski definition) is 1. The number of nitrogens with one attached hydrogen (secondary N) is 1. The van der Waals surface area contributed by atoms with Crippen molar-refractivity contribution >= 4 is 21.8 Å². The maximum Gasteiger partial charge on any atom is 0.263 e. The Bertz CT molecular complexity index is 1030. The minimum atomic E-state index is -3.63. The third kappa shape index (κ3) is 4.67. The highest BCUT2D eigenvalue weighted by Gasteiger charge is 2.32. The molecule has 2 aromatic carbocycles. The molecule has 0 aliphatic carbocycles. The molecule has 3 rings (SSSR count). The molecule has 0 saturated heterocycles. The summed E-state index contributed by atoms with van der Waals surface area (Å²) in [5.41, 5.74) is 2.72. The van der Waals surface area contributed by atoms with E-state index < -0.39 is 16.1 Å². The van der Waals surface area contributed by atoms with Crippen LogP contribution in [0.25, 0.3) is 0 Å². The number of carbonyl (C=O) groups excluding carboxylic acids is 1. The lowest BCUT2D eigenvalue weighted by Gasteiger charge is -2.23.